The van der Waals surface area contributed by atoms with Crippen molar-refractivity contribution in [1.29, 1.82) is 0 Å². The molecule has 4 rings (SSSR count). The zero-order chi connectivity index (χ0) is 14.2. The molecule has 2 aromatic carbocycles. The minimum Gasteiger partial charge on any atom is -0.264 e. The summed E-state index contributed by atoms with van der Waals surface area (Å²) in [6, 6.07) is 16.1. The molecule has 100 valence electrons. The van der Waals surface area contributed by atoms with Crippen LogP contribution < -0.4 is 0 Å². The van der Waals surface area contributed by atoms with Gasteiger partial charge >= 0.3 is 0 Å². The van der Waals surface area contributed by atoms with Crippen molar-refractivity contribution in [2.75, 3.05) is 0 Å². The van der Waals surface area contributed by atoms with Crippen LogP contribution >= 0.6 is 11.6 Å². The second-order valence-electron chi connectivity index (χ2n) is 4.77. The largest absolute Gasteiger partial charge is 0.264 e. The van der Waals surface area contributed by atoms with E-state index in [2.05, 4.69) is 27.1 Å². The van der Waals surface area contributed by atoms with Gasteiger partial charge in [-0.15, -0.1) is 0 Å². The van der Waals surface area contributed by atoms with Crippen molar-refractivity contribution in [2.45, 2.75) is 0 Å². The van der Waals surface area contributed by atoms with E-state index in [1.807, 2.05) is 36.4 Å². The number of aromatic nitrogens is 3. The van der Waals surface area contributed by atoms with Gasteiger partial charge in [-0.2, -0.15) is 0 Å². The minimum atomic E-state index is 0.248. The normalized spacial score (nSPS) is 11.1. The van der Waals surface area contributed by atoms with Crippen molar-refractivity contribution < 1.29 is 0 Å². The highest BCUT2D eigenvalue weighted by molar-refractivity contribution is 6.29. The molecule has 0 spiro atoms. The first-order valence-corrected chi connectivity index (χ1v) is 6.96. The number of rotatable bonds is 1. The zero-order valence-corrected chi connectivity index (χ0v) is 11.7. The maximum atomic E-state index is 6.13. The fraction of sp³-hybridized carbons (Fsp3) is 0. The van der Waals surface area contributed by atoms with Gasteiger partial charge in [0.25, 0.3) is 0 Å². The number of halogens is 1. The third-order valence-electron chi connectivity index (χ3n) is 3.50. The van der Waals surface area contributed by atoms with Crippen LogP contribution in [-0.2, 0) is 0 Å². The number of benzene rings is 2. The van der Waals surface area contributed by atoms with Crippen LogP contribution in [0.25, 0.3) is 32.9 Å². The highest BCUT2D eigenvalue weighted by Crippen LogP contribution is 2.31. The molecule has 0 saturated carbocycles. The van der Waals surface area contributed by atoms with E-state index < -0.39 is 0 Å². The third-order valence-corrected chi connectivity index (χ3v) is 3.67. The van der Waals surface area contributed by atoms with Crippen LogP contribution in [0, 0.1) is 0 Å². The van der Waals surface area contributed by atoms with E-state index >= 15 is 0 Å². The molecule has 4 heteroatoms. The quantitative estimate of drug-likeness (QED) is 0.383. The van der Waals surface area contributed by atoms with Gasteiger partial charge in [-0.1, -0.05) is 30.3 Å². The van der Waals surface area contributed by atoms with Gasteiger partial charge in [-0.3, -0.25) is 4.98 Å². The van der Waals surface area contributed by atoms with Crippen molar-refractivity contribution in [2.24, 2.45) is 0 Å². The van der Waals surface area contributed by atoms with Crippen LogP contribution in [0.1, 0.15) is 0 Å². The first-order chi connectivity index (χ1) is 10.3. The van der Waals surface area contributed by atoms with E-state index in [9.17, 15) is 0 Å². The molecule has 2 aromatic heterocycles. The summed E-state index contributed by atoms with van der Waals surface area (Å²) < 4.78 is 0. The van der Waals surface area contributed by atoms with E-state index in [-0.39, 0.29) is 5.28 Å². The van der Waals surface area contributed by atoms with Crippen molar-refractivity contribution >= 4 is 33.3 Å². The third kappa shape index (κ3) is 2.03. The molecule has 0 aliphatic rings. The summed E-state index contributed by atoms with van der Waals surface area (Å²) in [5, 5.41) is 3.44. The molecule has 0 unspecified atom stereocenters. The van der Waals surface area contributed by atoms with Crippen LogP contribution in [0.2, 0.25) is 5.28 Å². The van der Waals surface area contributed by atoms with Gasteiger partial charge in [0, 0.05) is 28.7 Å². The smallest absolute Gasteiger partial charge is 0.223 e. The Morgan fingerprint density at radius 1 is 0.810 bits per heavy atom. The highest BCUT2D eigenvalue weighted by atomic mass is 35.5. The van der Waals surface area contributed by atoms with Crippen molar-refractivity contribution in [3.63, 3.8) is 0 Å². The van der Waals surface area contributed by atoms with Crippen LogP contribution in [0.4, 0.5) is 0 Å². The first kappa shape index (κ1) is 12.2. The highest BCUT2D eigenvalue weighted by Gasteiger charge is 2.11. The van der Waals surface area contributed by atoms with Crippen LogP contribution in [0.15, 0.2) is 60.9 Å². The van der Waals surface area contributed by atoms with Crippen LogP contribution in [0.5, 0.6) is 0 Å². The second kappa shape index (κ2) is 4.79. The predicted octanol–water partition coefficient (Wildman–Crippen LogP) is 4.50. The molecule has 3 nitrogen and oxygen atoms in total. The first-order valence-electron chi connectivity index (χ1n) is 6.58. The molecule has 0 bridgehead atoms. The second-order valence-corrected chi connectivity index (χ2v) is 5.10. The summed E-state index contributed by atoms with van der Waals surface area (Å²) >= 11 is 6.13. The Morgan fingerprint density at radius 2 is 1.71 bits per heavy atom. The Hall–Kier alpha value is -2.52. The summed E-state index contributed by atoms with van der Waals surface area (Å²) in [5.74, 6) is 0. The Balaban J connectivity index is 2.15. The van der Waals surface area contributed by atoms with Gasteiger partial charge < -0.3 is 0 Å². The molecule has 0 atom stereocenters. The summed E-state index contributed by atoms with van der Waals surface area (Å²) in [5.41, 5.74) is 2.61. The van der Waals surface area contributed by atoms with Crippen LogP contribution in [0.3, 0.4) is 0 Å². The molecule has 0 amide bonds. The lowest BCUT2D eigenvalue weighted by Gasteiger charge is -2.08. The lowest BCUT2D eigenvalue weighted by atomic mass is 10.0. The van der Waals surface area contributed by atoms with Gasteiger partial charge in [0.15, 0.2) is 0 Å². The van der Waals surface area contributed by atoms with E-state index in [0.29, 0.717) is 0 Å². The standard InChI is InChI=1S/C17H10ClN3/c18-17-20-15(12-5-3-9-19-10-12)14-8-7-11-4-1-2-6-13(11)16(14)21-17/h1-10H. The van der Waals surface area contributed by atoms with Gasteiger partial charge in [-0.05, 0) is 35.2 Å². The monoisotopic (exact) mass is 291 g/mol. The lowest BCUT2D eigenvalue weighted by molar-refractivity contribution is 1.22. The molecule has 21 heavy (non-hydrogen) atoms. The number of pyridine rings is 1. The average Bonchev–Trinajstić information content (AvgIpc) is 2.55. The molecule has 0 fully saturated rings. The predicted molar refractivity (Wildman–Crippen MR) is 85.3 cm³/mol. The topological polar surface area (TPSA) is 38.7 Å². The average molecular weight is 292 g/mol. The van der Waals surface area contributed by atoms with E-state index in [1.54, 1.807) is 12.4 Å². The summed E-state index contributed by atoms with van der Waals surface area (Å²) in [7, 11) is 0. The maximum absolute atomic E-state index is 6.13. The number of nitrogens with zero attached hydrogens (tertiary/aromatic N) is 3. The summed E-state index contributed by atoms with van der Waals surface area (Å²) in [6.45, 7) is 0. The van der Waals surface area contributed by atoms with Crippen molar-refractivity contribution in [3.05, 3.63) is 66.2 Å². The Labute approximate surface area is 126 Å². The molecule has 0 aliphatic heterocycles. The fourth-order valence-electron chi connectivity index (χ4n) is 2.56. The molecule has 4 aromatic rings. The molecule has 0 aliphatic carbocycles. The molecular weight excluding hydrogens is 282 g/mol. The summed E-state index contributed by atoms with van der Waals surface area (Å²) in [4.78, 5) is 13.0. The van der Waals surface area contributed by atoms with Crippen molar-refractivity contribution in [3.8, 4) is 11.3 Å². The Kier molecular flexibility index (Phi) is 2.79. The maximum Gasteiger partial charge on any atom is 0.223 e. The molecule has 0 radical (unpaired) electrons. The van der Waals surface area contributed by atoms with Gasteiger partial charge in [0.1, 0.15) is 0 Å². The van der Waals surface area contributed by atoms with Gasteiger partial charge in [0.2, 0.25) is 5.28 Å². The van der Waals surface area contributed by atoms with E-state index in [1.165, 1.54) is 0 Å². The summed E-state index contributed by atoms with van der Waals surface area (Å²) in [6.07, 6.45) is 3.52. The minimum absolute atomic E-state index is 0.248. The molecule has 0 saturated heterocycles. The SMILES string of the molecule is Clc1nc(-c2cccnc2)c2ccc3ccccc3c2n1. The fourth-order valence-corrected chi connectivity index (χ4v) is 2.73. The van der Waals surface area contributed by atoms with Crippen molar-refractivity contribution in [1.82, 2.24) is 15.0 Å². The van der Waals surface area contributed by atoms with Crippen LogP contribution in [-0.4, -0.2) is 15.0 Å². The molecule has 2 heterocycles. The molecular formula is C17H10ClN3. The number of fused-ring (bicyclic) bond motifs is 3. The Morgan fingerprint density at radius 3 is 2.57 bits per heavy atom. The van der Waals surface area contributed by atoms with Gasteiger partial charge in [-0.25, -0.2) is 9.97 Å². The lowest BCUT2D eigenvalue weighted by Crippen LogP contribution is -1.92. The Bertz CT molecular complexity index is 952. The molecule has 0 N–H and O–H groups in total. The van der Waals surface area contributed by atoms with E-state index in [4.69, 9.17) is 11.6 Å². The number of hydrogen-bond donors (Lipinski definition) is 0. The zero-order valence-electron chi connectivity index (χ0n) is 11.0. The number of hydrogen-bond acceptors (Lipinski definition) is 3. The van der Waals surface area contributed by atoms with Gasteiger partial charge in [0.05, 0.1) is 11.2 Å². The van der Waals surface area contributed by atoms with E-state index in [0.717, 1.165) is 32.9 Å².